The topological polar surface area (TPSA) is 140 Å². The first-order chi connectivity index (χ1) is 12.4. The summed E-state index contributed by atoms with van der Waals surface area (Å²) in [5, 5.41) is 16.1. The largest absolute Gasteiger partial charge is 0.348 e. The van der Waals surface area contributed by atoms with E-state index in [0.29, 0.717) is 25.1 Å². The van der Waals surface area contributed by atoms with E-state index < -0.39 is 10.8 Å². The van der Waals surface area contributed by atoms with Crippen LogP contribution in [0.25, 0.3) is 0 Å². The van der Waals surface area contributed by atoms with Crippen LogP contribution >= 0.6 is 11.3 Å². The Morgan fingerprint density at radius 2 is 2.00 bits per heavy atom. The monoisotopic (exact) mass is 377 g/mol. The van der Waals surface area contributed by atoms with E-state index in [1.807, 2.05) is 0 Å². The number of nitrogens with one attached hydrogen (secondary N) is 2. The van der Waals surface area contributed by atoms with Gasteiger partial charge in [-0.2, -0.15) is 0 Å². The van der Waals surface area contributed by atoms with Crippen molar-refractivity contribution in [1.29, 1.82) is 0 Å². The molecule has 0 bridgehead atoms. The van der Waals surface area contributed by atoms with Crippen LogP contribution in [0.1, 0.15) is 35.3 Å². The van der Waals surface area contributed by atoms with Gasteiger partial charge < -0.3 is 11.1 Å². The van der Waals surface area contributed by atoms with Crippen molar-refractivity contribution in [2.75, 3.05) is 17.2 Å². The lowest BCUT2D eigenvalue weighted by molar-refractivity contribution is -0.380. The second-order valence-corrected chi connectivity index (χ2v) is 6.44. The fraction of sp³-hybridized carbons (Fsp3) is 0.312. The summed E-state index contributed by atoms with van der Waals surface area (Å²) < 4.78 is 0. The molecule has 0 aliphatic carbocycles. The first-order valence-corrected chi connectivity index (χ1v) is 8.76. The van der Waals surface area contributed by atoms with Gasteiger partial charge in [-0.3, -0.25) is 25.0 Å². The molecule has 0 atom stereocenters. The fourth-order valence-corrected chi connectivity index (χ4v) is 2.99. The van der Waals surface area contributed by atoms with Gasteiger partial charge in [0.05, 0.1) is 16.2 Å². The molecule has 1 aromatic heterocycles. The van der Waals surface area contributed by atoms with Crippen molar-refractivity contribution >= 4 is 39.0 Å². The number of hydrogen-bond acceptors (Lipinski definition) is 7. The van der Waals surface area contributed by atoms with Crippen LogP contribution < -0.4 is 16.4 Å². The summed E-state index contributed by atoms with van der Waals surface area (Å²) in [5.74, 6) is -0.717. The van der Waals surface area contributed by atoms with E-state index in [2.05, 4.69) is 15.6 Å². The number of unbranched alkanes of at least 4 members (excludes halogenated alkanes) is 1. The highest BCUT2D eigenvalue weighted by Crippen LogP contribution is 2.30. The smallest absolute Gasteiger partial charge is 0.330 e. The standard InChI is InChI=1S/C16H19N5O4S/c1-10-15(21(24)25)26-16(18-10)20-14(23)11-6-2-3-7-12(11)19-13(22)8-4-5-9-17/h2-3,6-7H,4-5,8-9,17H2,1H3,(H,19,22)(H,18,20,23). The van der Waals surface area contributed by atoms with E-state index in [1.54, 1.807) is 24.3 Å². The number of rotatable bonds is 8. The number of carbonyl (C=O) groups excluding carboxylic acids is 2. The highest BCUT2D eigenvalue weighted by atomic mass is 32.1. The summed E-state index contributed by atoms with van der Waals surface area (Å²) in [6.07, 6.45) is 1.72. The van der Waals surface area contributed by atoms with E-state index in [4.69, 9.17) is 5.73 Å². The Bertz CT molecular complexity index is 821. The number of hydrogen-bond donors (Lipinski definition) is 3. The third-order valence-corrected chi connectivity index (χ3v) is 4.49. The lowest BCUT2D eigenvalue weighted by atomic mass is 10.1. The molecule has 4 N–H and O–H groups in total. The number of thiazole rings is 1. The first-order valence-electron chi connectivity index (χ1n) is 7.94. The number of benzene rings is 1. The maximum Gasteiger partial charge on any atom is 0.348 e. The van der Waals surface area contributed by atoms with Gasteiger partial charge in [0, 0.05) is 6.42 Å². The van der Waals surface area contributed by atoms with Gasteiger partial charge >= 0.3 is 5.00 Å². The van der Waals surface area contributed by atoms with Crippen molar-refractivity contribution in [3.63, 3.8) is 0 Å². The molecule has 1 heterocycles. The lowest BCUT2D eigenvalue weighted by Crippen LogP contribution is -2.18. The maximum atomic E-state index is 12.5. The average Bonchev–Trinajstić information content (AvgIpc) is 2.96. The number of aromatic nitrogens is 1. The second-order valence-electron chi connectivity index (χ2n) is 5.46. The zero-order chi connectivity index (χ0) is 19.1. The summed E-state index contributed by atoms with van der Waals surface area (Å²) in [4.78, 5) is 38.8. The van der Waals surface area contributed by atoms with Crippen LogP contribution in [0.5, 0.6) is 0 Å². The molecule has 138 valence electrons. The molecule has 9 nitrogen and oxygen atoms in total. The number of carbonyl (C=O) groups is 2. The molecule has 0 spiro atoms. The van der Waals surface area contributed by atoms with Crippen LogP contribution in [0, 0.1) is 17.0 Å². The number of nitrogens with two attached hydrogens (primary N) is 1. The van der Waals surface area contributed by atoms with E-state index >= 15 is 0 Å². The Morgan fingerprint density at radius 3 is 2.65 bits per heavy atom. The summed E-state index contributed by atoms with van der Waals surface area (Å²) in [6, 6.07) is 6.53. The van der Waals surface area contributed by atoms with Crippen LogP contribution in [-0.2, 0) is 4.79 Å². The lowest BCUT2D eigenvalue weighted by Gasteiger charge is -2.10. The van der Waals surface area contributed by atoms with Crippen molar-refractivity contribution in [3.05, 3.63) is 45.6 Å². The summed E-state index contributed by atoms with van der Waals surface area (Å²) in [7, 11) is 0. The van der Waals surface area contributed by atoms with E-state index in [9.17, 15) is 19.7 Å². The first kappa shape index (κ1) is 19.5. The van der Waals surface area contributed by atoms with E-state index in [-0.39, 0.29) is 27.3 Å². The molecule has 0 saturated heterocycles. The molecule has 10 heteroatoms. The van der Waals surface area contributed by atoms with Crippen molar-refractivity contribution < 1.29 is 14.5 Å². The van der Waals surface area contributed by atoms with E-state index in [1.165, 1.54) is 6.92 Å². The minimum atomic E-state index is -0.543. The Labute approximate surface area is 153 Å². The Morgan fingerprint density at radius 1 is 1.27 bits per heavy atom. The molecule has 0 saturated carbocycles. The van der Waals surface area contributed by atoms with Crippen LogP contribution in [0.4, 0.5) is 15.8 Å². The van der Waals surface area contributed by atoms with Gasteiger partial charge in [-0.15, -0.1) is 0 Å². The number of nitro groups is 1. The SMILES string of the molecule is Cc1nc(NC(=O)c2ccccc2NC(=O)CCCCN)sc1[N+](=O)[O-]. The molecule has 2 amide bonds. The molecular weight excluding hydrogens is 358 g/mol. The molecule has 1 aromatic carbocycles. The predicted molar refractivity (Wildman–Crippen MR) is 99.4 cm³/mol. The summed E-state index contributed by atoms with van der Waals surface area (Å²) in [6.45, 7) is 2.02. The van der Waals surface area contributed by atoms with Crippen molar-refractivity contribution in [2.24, 2.45) is 5.73 Å². The van der Waals surface area contributed by atoms with Gasteiger partial charge in [0.15, 0.2) is 5.13 Å². The zero-order valence-electron chi connectivity index (χ0n) is 14.2. The van der Waals surface area contributed by atoms with Crippen LogP contribution in [0.2, 0.25) is 0 Å². The quantitative estimate of drug-likeness (QED) is 0.367. The van der Waals surface area contributed by atoms with E-state index in [0.717, 1.165) is 17.8 Å². The highest BCUT2D eigenvalue weighted by molar-refractivity contribution is 7.19. The van der Waals surface area contributed by atoms with Crippen molar-refractivity contribution in [2.45, 2.75) is 26.2 Å². The highest BCUT2D eigenvalue weighted by Gasteiger charge is 2.20. The van der Waals surface area contributed by atoms with Crippen LogP contribution in [0.15, 0.2) is 24.3 Å². The number of nitrogens with zero attached hydrogens (tertiary/aromatic N) is 2. The molecule has 0 aliphatic heterocycles. The minimum absolute atomic E-state index is 0.123. The third-order valence-electron chi connectivity index (χ3n) is 3.46. The number of para-hydroxylation sites is 1. The van der Waals surface area contributed by atoms with Gasteiger partial charge in [0.2, 0.25) is 5.91 Å². The molecule has 2 aromatic rings. The molecule has 2 rings (SSSR count). The molecule has 0 aliphatic rings. The maximum absolute atomic E-state index is 12.5. The molecule has 0 unspecified atom stereocenters. The fourth-order valence-electron chi connectivity index (χ4n) is 2.21. The van der Waals surface area contributed by atoms with Gasteiger partial charge in [0.25, 0.3) is 5.91 Å². The number of aryl methyl sites for hydroxylation is 1. The zero-order valence-corrected chi connectivity index (χ0v) is 15.0. The molecular formula is C16H19N5O4S. The third kappa shape index (κ3) is 5.07. The van der Waals surface area contributed by atoms with Gasteiger partial charge in [-0.1, -0.05) is 12.1 Å². The normalized spacial score (nSPS) is 10.4. The van der Waals surface area contributed by atoms with Crippen LogP contribution in [0.3, 0.4) is 0 Å². The molecule has 0 fully saturated rings. The van der Waals surface area contributed by atoms with Gasteiger partial charge in [-0.05, 0) is 49.8 Å². The molecule has 0 radical (unpaired) electrons. The van der Waals surface area contributed by atoms with Crippen LogP contribution in [-0.4, -0.2) is 28.3 Å². The summed E-state index contributed by atoms with van der Waals surface area (Å²) >= 11 is 0.783. The number of anilines is 2. The average molecular weight is 377 g/mol. The minimum Gasteiger partial charge on any atom is -0.330 e. The Balaban J connectivity index is 2.10. The van der Waals surface area contributed by atoms with Crippen molar-refractivity contribution in [1.82, 2.24) is 4.98 Å². The molecule has 26 heavy (non-hydrogen) atoms. The Hall–Kier alpha value is -2.85. The Kier molecular flexibility index (Phi) is 6.75. The summed E-state index contributed by atoms with van der Waals surface area (Å²) in [5.41, 5.74) is 6.25. The number of amides is 2. The predicted octanol–water partition coefficient (Wildman–Crippen LogP) is 2.68. The second kappa shape index (κ2) is 9.02. The van der Waals surface area contributed by atoms with Gasteiger partial charge in [0.1, 0.15) is 5.69 Å². The van der Waals surface area contributed by atoms with Crippen molar-refractivity contribution in [3.8, 4) is 0 Å². The van der Waals surface area contributed by atoms with Gasteiger partial charge in [-0.25, -0.2) is 4.98 Å².